The Morgan fingerprint density at radius 3 is 1.07 bits per heavy atom. The van der Waals surface area contributed by atoms with E-state index in [1.807, 2.05) is 19.0 Å². The summed E-state index contributed by atoms with van der Waals surface area (Å²) in [6.45, 7) is 14.8. The van der Waals surface area contributed by atoms with E-state index >= 15 is 0 Å². The van der Waals surface area contributed by atoms with E-state index in [4.69, 9.17) is 28.4 Å². The average molecular weight is 1000 g/mol. The van der Waals surface area contributed by atoms with E-state index in [2.05, 4.69) is 86.5 Å². The highest BCUT2D eigenvalue weighted by Crippen LogP contribution is 2.14. The molecule has 0 radical (unpaired) electrons. The smallest absolute Gasteiger partial charge is 0.317 e. The fourth-order valence-electron chi connectivity index (χ4n) is 7.55. The van der Waals surface area contributed by atoms with Crippen LogP contribution in [0.5, 0.6) is 0 Å². The van der Waals surface area contributed by atoms with Crippen molar-refractivity contribution in [1.29, 1.82) is 0 Å². The molecule has 2 amide bonds. The van der Waals surface area contributed by atoms with E-state index in [0.717, 1.165) is 187 Å². The minimum Gasteiger partial charge on any atom is -0.466 e. The van der Waals surface area contributed by atoms with Crippen molar-refractivity contribution in [2.75, 3.05) is 79.9 Å². The Labute approximate surface area is 435 Å². The fourth-order valence-corrected chi connectivity index (χ4v) is 7.55. The normalized spacial score (nSPS) is 12.1. The zero-order chi connectivity index (χ0) is 51.9. The summed E-state index contributed by atoms with van der Waals surface area (Å²) in [4.78, 5) is 42.4. The van der Waals surface area contributed by atoms with Gasteiger partial charge in [-0.3, -0.25) is 9.59 Å². The number of hydrogen-bond donors (Lipinski definition) is 1. The molecule has 71 heavy (non-hydrogen) atoms. The third kappa shape index (κ3) is 50.3. The monoisotopic (exact) mass is 1000 g/mol. The Kier molecular flexibility index (Phi) is 52.4. The van der Waals surface area contributed by atoms with Crippen molar-refractivity contribution in [3.05, 3.63) is 48.6 Å². The molecule has 0 atom stereocenters. The van der Waals surface area contributed by atoms with Gasteiger partial charge < -0.3 is 43.5 Å². The maximum absolute atomic E-state index is 13.2. The van der Waals surface area contributed by atoms with Crippen molar-refractivity contribution in [2.45, 2.75) is 233 Å². The molecule has 0 aromatic carbocycles. The molecule has 1 N–H and O–H groups in total. The zero-order valence-electron chi connectivity index (χ0n) is 46.6. The Balaban J connectivity index is 4.53. The maximum atomic E-state index is 13.2. The first-order valence-electron chi connectivity index (χ1n) is 28.8. The summed E-state index contributed by atoms with van der Waals surface area (Å²) >= 11 is 0. The molecule has 0 unspecified atom stereocenters. The molecule has 0 aliphatic heterocycles. The number of hydrogen-bond acceptors (Lipinski definition) is 10. The van der Waals surface area contributed by atoms with Gasteiger partial charge in [0.05, 0.1) is 26.1 Å². The molecular formula is C59H109N3O9. The molecule has 0 aromatic rings. The molecule has 0 heterocycles. The number of carbonyl (C=O) groups excluding carboxylic acids is 3. The van der Waals surface area contributed by atoms with Crippen molar-refractivity contribution < 1.29 is 42.8 Å². The number of esters is 2. The number of rotatable bonds is 53. The van der Waals surface area contributed by atoms with E-state index in [-0.39, 0.29) is 43.4 Å². The molecule has 0 aromatic heterocycles. The number of urea groups is 1. The summed E-state index contributed by atoms with van der Waals surface area (Å²) < 4.78 is 35.4. The van der Waals surface area contributed by atoms with Gasteiger partial charge in [-0.2, -0.15) is 0 Å². The topological polar surface area (TPSA) is 125 Å². The van der Waals surface area contributed by atoms with Crippen LogP contribution in [0.1, 0.15) is 220 Å². The SMILES string of the molecule is CC/C=C\CCCCOC(CCC(=O)OCCCCCCCN(CCCCCCCOC(=O)CCC(OCCCC/C=C\CC)OCCCC/C=C\CC)C(=O)NCCN(C)C)OCCCC/C=C\CC. The lowest BCUT2D eigenvalue weighted by molar-refractivity contribution is -0.159. The van der Waals surface area contributed by atoms with Crippen LogP contribution >= 0.6 is 0 Å². The number of ether oxygens (including phenoxy) is 6. The van der Waals surface area contributed by atoms with Gasteiger partial charge in [0, 0.05) is 65.4 Å². The number of allylic oxidation sites excluding steroid dienone is 8. The molecule has 0 rings (SSSR count). The Morgan fingerprint density at radius 2 is 0.732 bits per heavy atom. The Bertz CT molecular complexity index is 1170. The third-order valence-corrected chi connectivity index (χ3v) is 11.8. The lowest BCUT2D eigenvalue weighted by Gasteiger charge is -2.24. The van der Waals surface area contributed by atoms with Crippen LogP contribution in [0.4, 0.5) is 4.79 Å². The standard InChI is InChI=1S/C59H109N3O9/c1-7-11-15-19-27-37-51-68-57(69-52-38-28-20-16-12-8-2)43-41-55(63)66-49-35-31-23-25-33-46-62(59(65)60-45-48-61(5)6)47-34-26-24-32-36-50-67-56(64)42-44-58(70-53-39-29-21-17-13-9-3)71-54-40-30-22-18-14-10-4/h11-18,57-58H,7-10,19-54H2,1-6H3,(H,60,65)/b15-11-,16-12-,17-13-,18-14-. The van der Waals surface area contributed by atoms with Gasteiger partial charge in [0.1, 0.15) is 0 Å². The lowest BCUT2D eigenvalue weighted by Crippen LogP contribution is -2.43. The van der Waals surface area contributed by atoms with Gasteiger partial charge in [0.25, 0.3) is 0 Å². The van der Waals surface area contributed by atoms with Crippen LogP contribution in [0.2, 0.25) is 0 Å². The summed E-state index contributed by atoms with van der Waals surface area (Å²) in [5, 5.41) is 3.10. The minimum atomic E-state index is -0.384. The second-order valence-corrected chi connectivity index (χ2v) is 18.9. The molecule has 0 fully saturated rings. The first-order valence-corrected chi connectivity index (χ1v) is 28.8. The van der Waals surface area contributed by atoms with E-state index in [1.54, 1.807) is 0 Å². The number of likely N-dealkylation sites (N-methyl/N-ethyl adjacent to an activating group) is 1. The molecule has 0 bridgehead atoms. The molecule has 12 nitrogen and oxygen atoms in total. The predicted octanol–water partition coefficient (Wildman–Crippen LogP) is 14.4. The second-order valence-electron chi connectivity index (χ2n) is 18.9. The molecule has 0 saturated heterocycles. The summed E-state index contributed by atoms with van der Waals surface area (Å²) in [6, 6.07) is 0.00101. The summed E-state index contributed by atoms with van der Waals surface area (Å²) in [6.07, 6.45) is 44.8. The number of nitrogens with zero attached hydrogens (tertiary/aromatic N) is 2. The van der Waals surface area contributed by atoms with Gasteiger partial charge in [0.2, 0.25) is 0 Å². The van der Waals surface area contributed by atoms with E-state index in [1.165, 1.54) is 0 Å². The van der Waals surface area contributed by atoms with Crippen molar-refractivity contribution in [3.63, 3.8) is 0 Å². The van der Waals surface area contributed by atoms with Crippen LogP contribution in [0.25, 0.3) is 0 Å². The maximum Gasteiger partial charge on any atom is 0.317 e. The molecule has 414 valence electrons. The van der Waals surface area contributed by atoms with Crippen molar-refractivity contribution in [1.82, 2.24) is 15.1 Å². The largest absolute Gasteiger partial charge is 0.466 e. The second kappa shape index (κ2) is 54.7. The first kappa shape index (κ1) is 68.0. The fraction of sp³-hybridized carbons (Fsp3) is 0.814. The molecule has 0 spiro atoms. The first-order chi connectivity index (χ1) is 34.8. The molecule has 0 saturated carbocycles. The van der Waals surface area contributed by atoms with Gasteiger partial charge in [-0.25, -0.2) is 4.79 Å². The highest BCUT2D eigenvalue weighted by Gasteiger charge is 2.16. The number of nitrogens with one attached hydrogen (secondary N) is 1. The van der Waals surface area contributed by atoms with Crippen LogP contribution < -0.4 is 5.32 Å². The summed E-state index contributed by atoms with van der Waals surface area (Å²) in [5.74, 6) is -0.394. The van der Waals surface area contributed by atoms with Crippen molar-refractivity contribution in [2.24, 2.45) is 0 Å². The van der Waals surface area contributed by atoms with Crippen LogP contribution in [0.15, 0.2) is 48.6 Å². The van der Waals surface area contributed by atoms with Crippen molar-refractivity contribution >= 4 is 18.0 Å². The quantitative estimate of drug-likeness (QED) is 0.0272. The minimum absolute atomic E-state index is 0.00101. The molecule has 0 aliphatic carbocycles. The number of amides is 2. The molecule has 12 heteroatoms. The van der Waals surface area contributed by atoms with Crippen LogP contribution in [0.3, 0.4) is 0 Å². The van der Waals surface area contributed by atoms with E-state index in [9.17, 15) is 14.4 Å². The highest BCUT2D eigenvalue weighted by atomic mass is 16.7. The van der Waals surface area contributed by atoms with E-state index < -0.39 is 0 Å². The predicted molar refractivity (Wildman–Crippen MR) is 295 cm³/mol. The van der Waals surface area contributed by atoms with Gasteiger partial charge in [0.15, 0.2) is 12.6 Å². The van der Waals surface area contributed by atoms with Crippen LogP contribution in [-0.4, -0.2) is 120 Å². The Hall–Kier alpha value is -3.03. The number of carbonyl (C=O) groups is 3. The third-order valence-electron chi connectivity index (χ3n) is 11.8. The van der Waals surface area contributed by atoms with Crippen LogP contribution in [0, 0.1) is 0 Å². The average Bonchev–Trinajstić information content (AvgIpc) is 3.36. The van der Waals surface area contributed by atoms with Crippen LogP contribution in [-0.2, 0) is 38.0 Å². The van der Waals surface area contributed by atoms with Gasteiger partial charge in [-0.05, 0) is 143 Å². The summed E-state index contributed by atoms with van der Waals surface area (Å²) in [5.41, 5.74) is 0. The van der Waals surface area contributed by atoms with Gasteiger partial charge >= 0.3 is 18.0 Å². The zero-order valence-corrected chi connectivity index (χ0v) is 46.6. The van der Waals surface area contributed by atoms with Gasteiger partial charge in [-0.1, -0.05) is 115 Å². The summed E-state index contributed by atoms with van der Waals surface area (Å²) in [7, 11) is 4.01. The molecule has 0 aliphatic rings. The van der Waals surface area contributed by atoms with Crippen molar-refractivity contribution in [3.8, 4) is 0 Å². The molecular weight excluding hydrogens is 895 g/mol. The Morgan fingerprint density at radius 1 is 0.408 bits per heavy atom. The van der Waals surface area contributed by atoms with Gasteiger partial charge in [-0.15, -0.1) is 0 Å². The highest BCUT2D eigenvalue weighted by molar-refractivity contribution is 5.74. The number of unbranched alkanes of at least 4 members (excludes halogenated alkanes) is 16. The van der Waals surface area contributed by atoms with E-state index in [0.29, 0.717) is 59.0 Å². The lowest BCUT2D eigenvalue weighted by atomic mass is 10.1.